The first-order valence-corrected chi connectivity index (χ1v) is 5.75. The molecule has 0 aliphatic carbocycles. The lowest BCUT2D eigenvalue weighted by Crippen LogP contribution is -2.05. The molecule has 94 valence electrons. The van der Waals surface area contributed by atoms with E-state index in [4.69, 9.17) is 4.74 Å². The number of nitrogens with zero attached hydrogens (tertiary/aromatic N) is 2. The van der Waals surface area contributed by atoms with Crippen LogP contribution in [0.5, 0.6) is 5.75 Å². The second-order valence-electron chi connectivity index (χ2n) is 4.33. The second kappa shape index (κ2) is 5.04. The quantitative estimate of drug-likeness (QED) is 0.774. The van der Waals surface area contributed by atoms with E-state index < -0.39 is 0 Å². The van der Waals surface area contributed by atoms with Crippen LogP contribution in [0.25, 0.3) is 0 Å². The van der Waals surface area contributed by atoms with Crippen LogP contribution in [-0.2, 0) is 13.5 Å². The molecule has 1 aromatic heterocycles. The molecular formula is C14H16N2O2. The predicted molar refractivity (Wildman–Crippen MR) is 69.0 cm³/mol. The van der Waals surface area contributed by atoms with Gasteiger partial charge in [-0.2, -0.15) is 5.10 Å². The number of aryl methyl sites for hydroxylation is 2. The van der Waals surface area contributed by atoms with Crippen LogP contribution in [0.15, 0.2) is 30.6 Å². The van der Waals surface area contributed by atoms with Gasteiger partial charge in [-0.1, -0.05) is 11.6 Å². The summed E-state index contributed by atoms with van der Waals surface area (Å²) in [6.07, 6.45) is 3.90. The SMILES string of the molecule is COc1ccc(C)cc1C(=O)Cc1cnn(C)c1. The van der Waals surface area contributed by atoms with Gasteiger partial charge in [-0.25, -0.2) is 0 Å². The van der Waals surface area contributed by atoms with Crippen molar-refractivity contribution in [2.24, 2.45) is 7.05 Å². The van der Waals surface area contributed by atoms with Crippen molar-refractivity contribution in [3.63, 3.8) is 0 Å². The molecule has 0 aliphatic rings. The Labute approximate surface area is 106 Å². The molecule has 0 atom stereocenters. The van der Waals surface area contributed by atoms with Crippen molar-refractivity contribution in [1.82, 2.24) is 9.78 Å². The average Bonchev–Trinajstić information content (AvgIpc) is 2.74. The maximum Gasteiger partial charge on any atom is 0.171 e. The Hall–Kier alpha value is -2.10. The zero-order valence-corrected chi connectivity index (χ0v) is 10.8. The summed E-state index contributed by atoms with van der Waals surface area (Å²) in [5.41, 5.74) is 2.58. The van der Waals surface area contributed by atoms with Crippen LogP contribution in [0, 0.1) is 6.92 Å². The molecule has 0 aliphatic heterocycles. The molecule has 1 aromatic carbocycles. The summed E-state index contributed by atoms with van der Waals surface area (Å²) in [6.45, 7) is 1.96. The van der Waals surface area contributed by atoms with Gasteiger partial charge in [0.25, 0.3) is 0 Å². The fourth-order valence-electron chi connectivity index (χ4n) is 1.88. The van der Waals surface area contributed by atoms with E-state index in [0.29, 0.717) is 17.7 Å². The molecule has 0 bridgehead atoms. The van der Waals surface area contributed by atoms with E-state index in [2.05, 4.69) is 5.10 Å². The van der Waals surface area contributed by atoms with Crippen molar-refractivity contribution in [2.75, 3.05) is 7.11 Å². The number of Topliss-reactive ketones (excluding diaryl/α,β-unsaturated/α-hetero) is 1. The van der Waals surface area contributed by atoms with Gasteiger partial charge in [0.1, 0.15) is 5.75 Å². The Kier molecular flexibility index (Phi) is 3.46. The van der Waals surface area contributed by atoms with Crippen LogP contribution in [-0.4, -0.2) is 22.7 Å². The monoisotopic (exact) mass is 244 g/mol. The number of ketones is 1. The summed E-state index contributed by atoms with van der Waals surface area (Å²) in [5, 5.41) is 4.06. The number of carbonyl (C=O) groups is 1. The summed E-state index contributed by atoms with van der Waals surface area (Å²) in [6, 6.07) is 5.61. The van der Waals surface area contributed by atoms with Crippen LogP contribution >= 0.6 is 0 Å². The summed E-state index contributed by atoms with van der Waals surface area (Å²) < 4.78 is 6.91. The first-order chi connectivity index (χ1) is 8.60. The zero-order chi connectivity index (χ0) is 13.1. The zero-order valence-electron chi connectivity index (χ0n) is 10.8. The second-order valence-corrected chi connectivity index (χ2v) is 4.33. The van der Waals surface area contributed by atoms with Crippen LogP contribution in [0.2, 0.25) is 0 Å². The van der Waals surface area contributed by atoms with E-state index in [1.54, 1.807) is 18.0 Å². The van der Waals surface area contributed by atoms with E-state index in [0.717, 1.165) is 11.1 Å². The number of ether oxygens (including phenoxy) is 1. The van der Waals surface area contributed by atoms with Gasteiger partial charge in [-0.15, -0.1) is 0 Å². The van der Waals surface area contributed by atoms with Gasteiger partial charge in [-0.05, 0) is 24.6 Å². The first-order valence-electron chi connectivity index (χ1n) is 5.75. The number of rotatable bonds is 4. The minimum atomic E-state index is 0.0450. The summed E-state index contributed by atoms with van der Waals surface area (Å²) in [4.78, 5) is 12.2. The number of carbonyl (C=O) groups excluding carboxylic acids is 1. The molecule has 2 rings (SSSR count). The Morgan fingerprint density at radius 2 is 2.22 bits per heavy atom. The molecule has 0 N–H and O–H groups in total. The Balaban J connectivity index is 2.25. The van der Waals surface area contributed by atoms with Gasteiger partial charge < -0.3 is 4.74 Å². The smallest absolute Gasteiger partial charge is 0.171 e. The first kappa shape index (κ1) is 12.4. The maximum atomic E-state index is 12.2. The number of hydrogen-bond acceptors (Lipinski definition) is 3. The predicted octanol–water partition coefficient (Wildman–Crippen LogP) is 2.16. The Bertz CT molecular complexity index is 573. The van der Waals surface area contributed by atoms with Crippen LogP contribution in [0.3, 0.4) is 0 Å². The van der Waals surface area contributed by atoms with Gasteiger partial charge in [0, 0.05) is 19.7 Å². The highest BCUT2D eigenvalue weighted by atomic mass is 16.5. The minimum absolute atomic E-state index is 0.0450. The van der Waals surface area contributed by atoms with Crippen LogP contribution < -0.4 is 4.74 Å². The highest BCUT2D eigenvalue weighted by Gasteiger charge is 2.13. The molecule has 0 unspecified atom stereocenters. The Morgan fingerprint density at radius 1 is 1.44 bits per heavy atom. The van der Waals surface area contributed by atoms with Gasteiger partial charge >= 0.3 is 0 Å². The third kappa shape index (κ3) is 2.59. The molecule has 0 radical (unpaired) electrons. The molecule has 4 heteroatoms. The topological polar surface area (TPSA) is 44.1 Å². The molecule has 0 saturated heterocycles. The molecule has 0 saturated carbocycles. The normalized spacial score (nSPS) is 10.4. The highest BCUT2D eigenvalue weighted by Crippen LogP contribution is 2.21. The lowest BCUT2D eigenvalue weighted by molar-refractivity contribution is 0.0990. The highest BCUT2D eigenvalue weighted by molar-refractivity contribution is 6.00. The van der Waals surface area contributed by atoms with Crippen molar-refractivity contribution in [3.05, 3.63) is 47.3 Å². The van der Waals surface area contributed by atoms with E-state index in [-0.39, 0.29) is 5.78 Å². The van der Waals surface area contributed by atoms with Crippen molar-refractivity contribution >= 4 is 5.78 Å². The number of aromatic nitrogens is 2. The van der Waals surface area contributed by atoms with Gasteiger partial charge in [0.05, 0.1) is 18.9 Å². The van der Waals surface area contributed by atoms with Crippen LogP contribution in [0.1, 0.15) is 21.5 Å². The fourth-order valence-corrected chi connectivity index (χ4v) is 1.88. The third-order valence-electron chi connectivity index (χ3n) is 2.78. The lowest BCUT2D eigenvalue weighted by atomic mass is 10.0. The largest absolute Gasteiger partial charge is 0.496 e. The summed E-state index contributed by atoms with van der Waals surface area (Å²) in [5.74, 6) is 0.665. The molecule has 0 amide bonds. The standard InChI is InChI=1S/C14H16N2O2/c1-10-4-5-14(18-3)12(6-10)13(17)7-11-8-15-16(2)9-11/h4-6,8-9H,7H2,1-3H3. The Morgan fingerprint density at radius 3 is 2.83 bits per heavy atom. The molecule has 4 nitrogen and oxygen atoms in total. The number of benzene rings is 1. The third-order valence-corrected chi connectivity index (χ3v) is 2.78. The lowest BCUT2D eigenvalue weighted by Gasteiger charge is -2.07. The van der Waals surface area contributed by atoms with Crippen molar-refractivity contribution in [3.8, 4) is 5.75 Å². The molecule has 18 heavy (non-hydrogen) atoms. The minimum Gasteiger partial charge on any atom is -0.496 e. The van der Waals surface area contributed by atoms with Gasteiger partial charge in [-0.3, -0.25) is 9.48 Å². The van der Waals surface area contributed by atoms with Crippen molar-refractivity contribution in [1.29, 1.82) is 0 Å². The average molecular weight is 244 g/mol. The molecular weight excluding hydrogens is 228 g/mol. The summed E-state index contributed by atoms with van der Waals surface area (Å²) in [7, 11) is 3.41. The van der Waals surface area contributed by atoms with Gasteiger partial charge in [0.15, 0.2) is 5.78 Å². The number of hydrogen-bond donors (Lipinski definition) is 0. The van der Waals surface area contributed by atoms with Crippen LogP contribution in [0.4, 0.5) is 0 Å². The van der Waals surface area contributed by atoms with E-state index >= 15 is 0 Å². The van der Waals surface area contributed by atoms with E-state index in [1.165, 1.54) is 0 Å². The van der Waals surface area contributed by atoms with E-state index in [9.17, 15) is 4.79 Å². The number of methoxy groups -OCH3 is 1. The van der Waals surface area contributed by atoms with E-state index in [1.807, 2.05) is 38.4 Å². The maximum absolute atomic E-state index is 12.2. The van der Waals surface area contributed by atoms with Crippen molar-refractivity contribution < 1.29 is 9.53 Å². The molecule has 0 fully saturated rings. The molecule has 1 heterocycles. The fraction of sp³-hybridized carbons (Fsp3) is 0.286. The summed E-state index contributed by atoms with van der Waals surface area (Å²) >= 11 is 0. The van der Waals surface area contributed by atoms with Gasteiger partial charge in [0.2, 0.25) is 0 Å². The molecule has 0 spiro atoms. The van der Waals surface area contributed by atoms with Crippen molar-refractivity contribution in [2.45, 2.75) is 13.3 Å². The molecule has 2 aromatic rings.